The standard InChI is InChI=1S/C16H19ClF2N2/c1-10-2-3-11(6-10)9-21-14-8-12(18)7-13(19)16(14)20-15(21)4-5-17/h7-8,10-11H,2-6,9H2,1H3. The van der Waals surface area contributed by atoms with Crippen molar-refractivity contribution in [2.45, 2.75) is 39.2 Å². The lowest BCUT2D eigenvalue weighted by Crippen LogP contribution is -2.11. The van der Waals surface area contributed by atoms with Crippen LogP contribution in [-0.2, 0) is 13.0 Å². The van der Waals surface area contributed by atoms with Crippen molar-refractivity contribution in [2.75, 3.05) is 5.88 Å². The maximum absolute atomic E-state index is 13.9. The molecular formula is C16H19ClF2N2. The van der Waals surface area contributed by atoms with Gasteiger partial charge in [0.15, 0.2) is 5.82 Å². The zero-order valence-corrected chi connectivity index (χ0v) is 12.8. The van der Waals surface area contributed by atoms with Crippen molar-refractivity contribution in [1.29, 1.82) is 0 Å². The predicted octanol–water partition coefficient (Wildman–Crippen LogP) is 4.53. The van der Waals surface area contributed by atoms with Crippen LogP contribution in [0.4, 0.5) is 8.78 Å². The average molecular weight is 313 g/mol. The third-order valence-corrected chi connectivity index (χ3v) is 4.60. The van der Waals surface area contributed by atoms with Gasteiger partial charge < -0.3 is 4.57 Å². The monoisotopic (exact) mass is 312 g/mol. The second-order valence-electron chi connectivity index (χ2n) is 6.12. The van der Waals surface area contributed by atoms with E-state index in [2.05, 4.69) is 11.9 Å². The summed E-state index contributed by atoms with van der Waals surface area (Å²) in [5.74, 6) is 1.31. The average Bonchev–Trinajstić information content (AvgIpc) is 2.97. The fraction of sp³-hybridized carbons (Fsp3) is 0.562. The number of benzene rings is 1. The Balaban J connectivity index is 2.02. The van der Waals surface area contributed by atoms with Crippen molar-refractivity contribution in [2.24, 2.45) is 11.8 Å². The van der Waals surface area contributed by atoms with Gasteiger partial charge in [-0.05, 0) is 30.7 Å². The first-order valence-electron chi connectivity index (χ1n) is 7.48. The molecule has 0 bridgehead atoms. The molecule has 2 nitrogen and oxygen atoms in total. The second-order valence-corrected chi connectivity index (χ2v) is 6.50. The van der Waals surface area contributed by atoms with E-state index in [9.17, 15) is 8.78 Å². The van der Waals surface area contributed by atoms with Crippen LogP contribution in [0.15, 0.2) is 12.1 Å². The first kappa shape index (κ1) is 14.8. The molecule has 1 aliphatic carbocycles. The summed E-state index contributed by atoms with van der Waals surface area (Å²) in [6.45, 7) is 3.03. The zero-order chi connectivity index (χ0) is 15.0. The molecule has 2 unspecified atom stereocenters. The lowest BCUT2D eigenvalue weighted by atomic mass is 10.1. The van der Waals surface area contributed by atoms with Crippen molar-refractivity contribution in [3.8, 4) is 0 Å². The van der Waals surface area contributed by atoms with Gasteiger partial charge in [-0.15, -0.1) is 11.6 Å². The number of hydrogen-bond donors (Lipinski definition) is 0. The molecule has 1 heterocycles. The lowest BCUT2D eigenvalue weighted by molar-refractivity contribution is 0.439. The minimum Gasteiger partial charge on any atom is -0.327 e. The van der Waals surface area contributed by atoms with Crippen LogP contribution in [0.2, 0.25) is 0 Å². The van der Waals surface area contributed by atoms with E-state index < -0.39 is 11.6 Å². The largest absolute Gasteiger partial charge is 0.327 e. The molecule has 21 heavy (non-hydrogen) atoms. The zero-order valence-electron chi connectivity index (χ0n) is 12.1. The van der Waals surface area contributed by atoms with Gasteiger partial charge in [0, 0.05) is 24.9 Å². The van der Waals surface area contributed by atoms with Gasteiger partial charge in [-0.1, -0.05) is 13.3 Å². The highest BCUT2D eigenvalue weighted by molar-refractivity contribution is 6.17. The number of aromatic nitrogens is 2. The van der Waals surface area contributed by atoms with Gasteiger partial charge in [0.1, 0.15) is 17.2 Å². The maximum Gasteiger partial charge on any atom is 0.153 e. The highest BCUT2D eigenvalue weighted by atomic mass is 35.5. The molecule has 5 heteroatoms. The number of halogens is 3. The number of imidazole rings is 1. The van der Waals surface area contributed by atoms with E-state index in [1.807, 2.05) is 4.57 Å². The molecule has 0 N–H and O–H groups in total. The van der Waals surface area contributed by atoms with Crippen LogP contribution >= 0.6 is 11.6 Å². The van der Waals surface area contributed by atoms with E-state index in [1.54, 1.807) is 0 Å². The molecule has 3 rings (SSSR count). The Morgan fingerprint density at radius 3 is 2.81 bits per heavy atom. The summed E-state index contributed by atoms with van der Waals surface area (Å²) >= 11 is 5.83. The molecule has 0 saturated heterocycles. The fourth-order valence-corrected chi connectivity index (χ4v) is 3.59. The van der Waals surface area contributed by atoms with Crippen molar-refractivity contribution < 1.29 is 8.78 Å². The highest BCUT2D eigenvalue weighted by Gasteiger charge is 2.24. The van der Waals surface area contributed by atoms with Crippen LogP contribution in [0.1, 0.15) is 32.0 Å². The van der Waals surface area contributed by atoms with Gasteiger partial charge in [0.2, 0.25) is 0 Å². The van der Waals surface area contributed by atoms with E-state index in [0.29, 0.717) is 23.7 Å². The van der Waals surface area contributed by atoms with E-state index in [4.69, 9.17) is 11.6 Å². The van der Waals surface area contributed by atoms with Crippen LogP contribution in [0.5, 0.6) is 0 Å². The molecule has 1 aliphatic rings. The number of nitrogens with zero attached hydrogens (tertiary/aromatic N) is 2. The molecular weight excluding hydrogens is 294 g/mol. The summed E-state index contributed by atoms with van der Waals surface area (Å²) in [6, 6.07) is 2.27. The molecule has 2 atom stereocenters. The van der Waals surface area contributed by atoms with Crippen LogP contribution in [0, 0.1) is 23.5 Å². The first-order chi connectivity index (χ1) is 10.1. The summed E-state index contributed by atoms with van der Waals surface area (Å²) in [6.07, 6.45) is 4.13. The quantitative estimate of drug-likeness (QED) is 0.758. The fourth-order valence-electron chi connectivity index (χ4n) is 3.43. The van der Waals surface area contributed by atoms with Gasteiger partial charge in [0.25, 0.3) is 0 Å². The molecule has 114 valence electrons. The van der Waals surface area contributed by atoms with Gasteiger partial charge in [-0.3, -0.25) is 0 Å². The van der Waals surface area contributed by atoms with E-state index in [0.717, 1.165) is 30.8 Å². The number of aryl methyl sites for hydroxylation is 1. The summed E-state index contributed by atoms with van der Waals surface area (Å²) in [5.41, 5.74) is 0.801. The summed E-state index contributed by atoms with van der Waals surface area (Å²) in [7, 11) is 0. The highest BCUT2D eigenvalue weighted by Crippen LogP contribution is 2.33. The third-order valence-electron chi connectivity index (χ3n) is 4.41. The molecule has 1 aromatic carbocycles. The second kappa shape index (κ2) is 5.91. The predicted molar refractivity (Wildman–Crippen MR) is 80.6 cm³/mol. The number of rotatable bonds is 4. The Morgan fingerprint density at radius 1 is 1.33 bits per heavy atom. The number of fused-ring (bicyclic) bond motifs is 1. The van der Waals surface area contributed by atoms with Gasteiger partial charge in [-0.25, -0.2) is 13.8 Å². The molecule has 0 aliphatic heterocycles. The Morgan fingerprint density at radius 2 is 2.14 bits per heavy atom. The molecule has 1 saturated carbocycles. The minimum absolute atomic E-state index is 0.252. The number of alkyl halides is 1. The van der Waals surface area contributed by atoms with Crippen LogP contribution < -0.4 is 0 Å². The molecule has 1 aromatic heterocycles. The van der Waals surface area contributed by atoms with E-state index in [1.165, 1.54) is 18.9 Å². The molecule has 1 fully saturated rings. The Bertz CT molecular complexity index is 653. The van der Waals surface area contributed by atoms with E-state index >= 15 is 0 Å². The lowest BCUT2D eigenvalue weighted by Gasteiger charge is -2.14. The van der Waals surface area contributed by atoms with Crippen LogP contribution in [0.25, 0.3) is 11.0 Å². The van der Waals surface area contributed by atoms with Crippen molar-refractivity contribution in [3.05, 3.63) is 29.6 Å². The molecule has 2 aromatic rings. The van der Waals surface area contributed by atoms with Gasteiger partial charge in [0.05, 0.1) is 5.52 Å². The van der Waals surface area contributed by atoms with E-state index in [-0.39, 0.29) is 5.52 Å². The minimum atomic E-state index is -0.598. The van der Waals surface area contributed by atoms with Crippen molar-refractivity contribution >= 4 is 22.6 Å². The maximum atomic E-state index is 13.9. The van der Waals surface area contributed by atoms with Crippen LogP contribution in [-0.4, -0.2) is 15.4 Å². The summed E-state index contributed by atoms with van der Waals surface area (Å²) in [4.78, 5) is 4.34. The van der Waals surface area contributed by atoms with Crippen molar-refractivity contribution in [3.63, 3.8) is 0 Å². The smallest absolute Gasteiger partial charge is 0.153 e. The van der Waals surface area contributed by atoms with Crippen molar-refractivity contribution in [1.82, 2.24) is 9.55 Å². The van der Waals surface area contributed by atoms with Gasteiger partial charge in [-0.2, -0.15) is 0 Å². The van der Waals surface area contributed by atoms with Crippen LogP contribution in [0.3, 0.4) is 0 Å². The topological polar surface area (TPSA) is 17.8 Å². The summed E-state index contributed by atoms with van der Waals surface area (Å²) in [5, 5.41) is 0. The molecule has 0 radical (unpaired) electrons. The molecule has 0 spiro atoms. The Labute approximate surface area is 128 Å². The SMILES string of the molecule is CC1CCC(Cn2c(CCCl)nc3c(F)cc(F)cc32)C1. The van der Waals surface area contributed by atoms with Gasteiger partial charge >= 0.3 is 0 Å². The Kier molecular flexibility index (Phi) is 4.16. The normalized spacial score (nSPS) is 22.3. The molecule has 0 amide bonds. The third kappa shape index (κ3) is 2.91. The first-order valence-corrected chi connectivity index (χ1v) is 8.02. The number of hydrogen-bond acceptors (Lipinski definition) is 1. The Hall–Kier alpha value is -1.16. The summed E-state index contributed by atoms with van der Waals surface area (Å²) < 4.78 is 29.4.